The zero-order chi connectivity index (χ0) is 69.8. The quantitative estimate of drug-likeness (QED) is 0.0222. The normalized spacial score (nSPS) is 14.2. The molecule has 0 bridgehead atoms. The first-order valence-electron chi connectivity index (χ1n) is 39.7. The van der Waals surface area contributed by atoms with Crippen molar-refractivity contribution in [3.63, 3.8) is 0 Å². The molecule has 0 aliphatic carbocycles. The van der Waals surface area contributed by atoms with Crippen molar-refractivity contribution in [3.8, 4) is 0 Å². The van der Waals surface area contributed by atoms with Gasteiger partial charge in [-0.2, -0.15) is 0 Å². The highest BCUT2D eigenvalue weighted by Crippen LogP contribution is 2.45. The Morgan fingerprint density at radius 1 is 0.295 bits per heavy atom. The molecule has 0 aromatic heterocycles. The van der Waals surface area contributed by atoms with Crippen molar-refractivity contribution < 1.29 is 80.2 Å². The molecule has 0 heterocycles. The molecule has 0 aromatic rings. The second-order valence-electron chi connectivity index (χ2n) is 27.6. The van der Waals surface area contributed by atoms with Crippen LogP contribution < -0.4 is 0 Å². The van der Waals surface area contributed by atoms with Gasteiger partial charge in [-0.25, -0.2) is 9.13 Å². The van der Waals surface area contributed by atoms with Crippen LogP contribution in [-0.2, 0) is 65.4 Å². The van der Waals surface area contributed by atoms with E-state index in [-0.39, 0.29) is 25.7 Å². The molecule has 6 atom stereocenters. The van der Waals surface area contributed by atoms with Crippen molar-refractivity contribution >= 4 is 39.5 Å². The molecule has 0 aliphatic rings. The molecule has 3 unspecified atom stereocenters. The van der Waals surface area contributed by atoms with Gasteiger partial charge < -0.3 is 33.8 Å². The number of unbranched alkanes of at least 4 members (excludes halogenated alkanes) is 47. The Morgan fingerprint density at radius 2 is 0.505 bits per heavy atom. The predicted octanol–water partition coefficient (Wildman–Crippen LogP) is 22.5. The summed E-state index contributed by atoms with van der Waals surface area (Å²) in [4.78, 5) is 72.9. The summed E-state index contributed by atoms with van der Waals surface area (Å²) in [7, 11) is -9.91. The minimum absolute atomic E-state index is 0.108. The van der Waals surface area contributed by atoms with E-state index in [1.54, 1.807) is 0 Å². The lowest BCUT2D eigenvalue weighted by molar-refractivity contribution is -0.161. The van der Waals surface area contributed by atoms with Crippen LogP contribution >= 0.6 is 15.6 Å². The van der Waals surface area contributed by atoms with Gasteiger partial charge in [0.25, 0.3) is 0 Å². The Bertz CT molecular complexity index is 1820. The smallest absolute Gasteiger partial charge is 0.462 e. The number of ether oxygens (including phenoxy) is 4. The van der Waals surface area contributed by atoms with E-state index in [0.717, 1.165) is 95.8 Å². The molecule has 0 aliphatic heterocycles. The van der Waals surface area contributed by atoms with Crippen molar-refractivity contribution in [2.24, 2.45) is 5.92 Å². The van der Waals surface area contributed by atoms with Gasteiger partial charge in [-0.05, 0) is 31.6 Å². The van der Waals surface area contributed by atoms with Gasteiger partial charge in [-0.1, -0.05) is 349 Å². The Hall–Kier alpha value is -1.94. The van der Waals surface area contributed by atoms with E-state index in [2.05, 4.69) is 34.6 Å². The van der Waals surface area contributed by atoms with E-state index in [9.17, 15) is 43.2 Å². The van der Waals surface area contributed by atoms with Crippen LogP contribution in [0.3, 0.4) is 0 Å². The number of aliphatic hydroxyl groups excluding tert-OH is 1. The van der Waals surface area contributed by atoms with E-state index >= 15 is 0 Å². The highest BCUT2D eigenvalue weighted by atomic mass is 31.2. The van der Waals surface area contributed by atoms with Crippen LogP contribution in [0.25, 0.3) is 0 Å². The molecule has 17 nitrogen and oxygen atoms in total. The maximum absolute atomic E-state index is 13.1. The maximum atomic E-state index is 13.1. The number of rotatable bonds is 76. The van der Waals surface area contributed by atoms with E-state index in [1.807, 2.05) is 0 Å². The van der Waals surface area contributed by atoms with Crippen LogP contribution in [0.15, 0.2) is 0 Å². The minimum atomic E-state index is -4.96. The van der Waals surface area contributed by atoms with Crippen molar-refractivity contribution in [2.45, 2.75) is 419 Å². The zero-order valence-corrected chi connectivity index (χ0v) is 63.6. The summed E-state index contributed by atoms with van der Waals surface area (Å²) in [5.41, 5.74) is 0. The number of carbonyl (C=O) groups is 4. The molecule has 95 heavy (non-hydrogen) atoms. The summed E-state index contributed by atoms with van der Waals surface area (Å²) in [5.74, 6) is -1.30. The molecule has 3 N–H and O–H groups in total. The molecular formula is C76H148O17P2. The van der Waals surface area contributed by atoms with Gasteiger partial charge >= 0.3 is 39.5 Å². The highest BCUT2D eigenvalue weighted by molar-refractivity contribution is 7.47. The third kappa shape index (κ3) is 69.0. The Kier molecular flexibility index (Phi) is 67.7. The van der Waals surface area contributed by atoms with Crippen molar-refractivity contribution in [1.29, 1.82) is 0 Å². The third-order valence-electron chi connectivity index (χ3n) is 18.1. The van der Waals surface area contributed by atoms with Crippen molar-refractivity contribution in [1.82, 2.24) is 0 Å². The van der Waals surface area contributed by atoms with Gasteiger partial charge in [-0.15, -0.1) is 0 Å². The first kappa shape index (κ1) is 93.1. The van der Waals surface area contributed by atoms with Gasteiger partial charge in [0, 0.05) is 25.7 Å². The molecular weight excluding hydrogens is 1250 g/mol. The number of carbonyl (C=O) groups excluding carboxylic acids is 4. The fourth-order valence-corrected chi connectivity index (χ4v) is 13.3. The Balaban J connectivity index is 5.26. The Labute approximate surface area is 581 Å². The SMILES string of the molecule is CCCCCCCCCCCCCCCCCCC(=O)O[C@H](COC(=O)CCCCCCCCCCCCC(C)CC)COP(=O)(O)OC[C@@H](O)COP(=O)(O)OC[C@@H](COC(=O)CCCCCCCCCCCCCC)OC(=O)CCCCCCCCCCCCCCC. The van der Waals surface area contributed by atoms with Gasteiger partial charge in [-0.3, -0.25) is 37.3 Å². The lowest BCUT2D eigenvalue weighted by Gasteiger charge is -2.21. The largest absolute Gasteiger partial charge is 0.472 e. The third-order valence-corrected chi connectivity index (χ3v) is 20.0. The van der Waals surface area contributed by atoms with Crippen LogP contribution in [0.1, 0.15) is 401 Å². The van der Waals surface area contributed by atoms with Gasteiger partial charge in [0.1, 0.15) is 19.3 Å². The van der Waals surface area contributed by atoms with Crippen LogP contribution in [0.5, 0.6) is 0 Å². The lowest BCUT2D eigenvalue weighted by Crippen LogP contribution is -2.30. The van der Waals surface area contributed by atoms with Gasteiger partial charge in [0.2, 0.25) is 0 Å². The fraction of sp³-hybridized carbons (Fsp3) is 0.947. The molecule has 0 spiro atoms. The summed E-state index contributed by atoms with van der Waals surface area (Å²) in [5, 5.41) is 10.6. The van der Waals surface area contributed by atoms with Crippen LogP contribution in [-0.4, -0.2) is 96.7 Å². The molecule has 0 saturated carbocycles. The second kappa shape index (κ2) is 69.2. The number of phosphoric ester groups is 2. The summed E-state index contributed by atoms with van der Waals surface area (Å²) in [6.45, 7) is 7.33. The van der Waals surface area contributed by atoms with Gasteiger partial charge in [0.05, 0.1) is 26.4 Å². The predicted molar refractivity (Wildman–Crippen MR) is 386 cm³/mol. The molecule has 0 amide bonds. The summed E-state index contributed by atoms with van der Waals surface area (Å²) in [6.07, 6.45) is 57.9. The second-order valence-corrected chi connectivity index (χ2v) is 30.5. The molecule has 0 fully saturated rings. The summed E-state index contributed by atoms with van der Waals surface area (Å²) in [6, 6.07) is 0. The molecule has 564 valence electrons. The van der Waals surface area contributed by atoms with Crippen molar-refractivity contribution in [3.05, 3.63) is 0 Å². The lowest BCUT2D eigenvalue weighted by atomic mass is 9.99. The number of aliphatic hydroxyl groups is 1. The first-order valence-corrected chi connectivity index (χ1v) is 42.7. The van der Waals surface area contributed by atoms with E-state index < -0.39 is 97.5 Å². The van der Waals surface area contributed by atoms with Crippen LogP contribution in [0, 0.1) is 5.92 Å². The van der Waals surface area contributed by atoms with Gasteiger partial charge in [0.15, 0.2) is 12.2 Å². The summed E-state index contributed by atoms with van der Waals surface area (Å²) >= 11 is 0. The molecule has 0 rings (SSSR count). The number of hydrogen-bond donors (Lipinski definition) is 3. The molecule has 0 saturated heterocycles. The van der Waals surface area contributed by atoms with Crippen LogP contribution in [0.2, 0.25) is 0 Å². The number of hydrogen-bond acceptors (Lipinski definition) is 15. The number of esters is 4. The van der Waals surface area contributed by atoms with E-state index in [1.165, 1.54) is 225 Å². The minimum Gasteiger partial charge on any atom is -0.462 e. The summed E-state index contributed by atoms with van der Waals surface area (Å²) < 4.78 is 68.6. The zero-order valence-electron chi connectivity index (χ0n) is 61.8. The van der Waals surface area contributed by atoms with Crippen molar-refractivity contribution in [2.75, 3.05) is 39.6 Å². The molecule has 0 aromatic carbocycles. The average Bonchev–Trinajstić information content (AvgIpc) is 1.87. The average molecular weight is 1400 g/mol. The Morgan fingerprint density at radius 3 is 0.747 bits per heavy atom. The monoisotopic (exact) mass is 1400 g/mol. The standard InChI is InChI=1S/C76H148O17P2/c1-6-10-13-16-19-22-25-28-29-30-32-35-42-47-52-57-62-76(81)93-72(66-87-74(79)60-55-50-45-40-37-36-38-43-48-53-58-69(5)9-4)68-91-95(84,85)89-64-70(77)63-88-94(82,83)90-67-71(65-86-73(78)59-54-49-44-39-33-27-24-21-18-15-12-8-3)92-75(80)61-56-51-46-41-34-31-26-23-20-17-14-11-7-2/h69-72,77H,6-68H2,1-5H3,(H,82,83)(H,84,85)/t69?,70-,71+,72+/m0/s1. The first-order chi connectivity index (χ1) is 46.1. The van der Waals surface area contributed by atoms with Crippen LogP contribution in [0.4, 0.5) is 0 Å². The van der Waals surface area contributed by atoms with E-state index in [4.69, 9.17) is 37.0 Å². The highest BCUT2D eigenvalue weighted by Gasteiger charge is 2.30. The molecule has 19 heteroatoms. The maximum Gasteiger partial charge on any atom is 0.472 e. The number of phosphoric acid groups is 2. The topological polar surface area (TPSA) is 237 Å². The molecule has 0 radical (unpaired) electrons. The fourth-order valence-electron chi connectivity index (χ4n) is 11.7. The van der Waals surface area contributed by atoms with E-state index in [0.29, 0.717) is 25.7 Å².